The highest BCUT2D eigenvalue weighted by Crippen LogP contribution is 2.40. The van der Waals surface area contributed by atoms with Crippen molar-refractivity contribution in [1.29, 1.82) is 0 Å². The molecule has 4 rings (SSSR count). The molecular formula is C30H31ClF2N2O4S. The van der Waals surface area contributed by atoms with Crippen molar-refractivity contribution in [3.8, 4) is 16.8 Å². The molecule has 4 aromatic rings. The predicted molar refractivity (Wildman–Crippen MR) is 152 cm³/mol. The lowest BCUT2D eigenvalue weighted by Gasteiger charge is -2.28. The Bertz CT molecular complexity index is 1590. The van der Waals surface area contributed by atoms with E-state index in [2.05, 4.69) is 0 Å². The summed E-state index contributed by atoms with van der Waals surface area (Å²) >= 11 is 4.50. The minimum Gasteiger partial charge on any atom is -0.392 e. The van der Waals surface area contributed by atoms with Gasteiger partial charge in [0.25, 0.3) is 0 Å². The molecule has 0 aliphatic heterocycles. The highest BCUT2D eigenvalue weighted by molar-refractivity contribution is 7.80. The average molecular weight is 589 g/mol. The van der Waals surface area contributed by atoms with Gasteiger partial charge in [-0.05, 0) is 87.7 Å². The van der Waals surface area contributed by atoms with Crippen molar-refractivity contribution in [2.45, 2.75) is 57.1 Å². The van der Waals surface area contributed by atoms with Crippen molar-refractivity contribution in [1.82, 2.24) is 9.55 Å². The molecule has 0 fully saturated rings. The molecule has 0 amide bonds. The molecule has 40 heavy (non-hydrogen) atoms. The SMILES string of the molecule is COS(=O)c1cc(-c2ccc(-n3cc(C(C)(C)O)nc3C(C)(C)c3c(F)cccc3Cl)c(C)c2)cc(F)c1CO. The second-order valence-corrected chi connectivity index (χ2v) is 12.2. The first-order valence-electron chi connectivity index (χ1n) is 12.5. The maximum atomic E-state index is 15.1. The molecule has 3 aromatic carbocycles. The van der Waals surface area contributed by atoms with Crippen LogP contribution < -0.4 is 0 Å². The maximum Gasteiger partial charge on any atom is 0.189 e. The average Bonchev–Trinajstić information content (AvgIpc) is 3.34. The van der Waals surface area contributed by atoms with Crippen molar-refractivity contribution >= 4 is 22.7 Å². The predicted octanol–water partition coefficient (Wildman–Crippen LogP) is 6.49. The minimum atomic E-state index is -1.95. The molecule has 2 N–H and O–H groups in total. The number of aliphatic hydroxyl groups is 2. The third-order valence-corrected chi connectivity index (χ3v) is 8.25. The Kier molecular flexibility index (Phi) is 8.36. The normalized spacial score (nSPS) is 13.1. The van der Waals surface area contributed by atoms with Gasteiger partial charge in [0.1, 0.15) is 23.1 Å². The number of hydrogen-bond donors (Lipinski definition) is 2. The first kappa shape index (κ1) is 30.0. The third-order valence-electron chi connectivity index (χ3n) is 6.91. The minimum absolute atomic E-state index is 0.0527. The molecule has 0 radical (unpaired) electrons. The van der Waals surface area contributed by atoms with Gasteiger partial charge >= 0.3 is 0 Å². The van der Waals surface area contributed by atoms with Crippen molar-refractivity contribution in [2.75, 3.05) is 7.11 Å². The number of aryl methyl sites for hydroxylation is 1. The van der Waals surface area contributed by atoms with Crippen LogP contribution in [0.25, 0.3) is 16.8 Å². The molecule has 0 saturated carbocycles. The third kappa shape index (κ3) is 5.49. The number of hydrogen-bond acceptors (Lipinski definition) is 5. The van der Waals surface area contributed by atoms with Crippen LogP contribution in [0.4, 0.5) is 8.78 Å². The summed E-state index contributed by atoms with van der Waals surface area (Å²) in [6.45, 7) is 8.11. The molecule has 1 aromatic heterocycles. The summed E-state index contributed by atoms with van der Waals surface area (Å²) in [6.07, 6.45) is 1.71. The van der Waals surface area contributed by atoms with E-state index in [0.29, 0.717) is 28.3 Å². The molecular weight excluding hydrogens is 558 g/mol. The fourth-order valence-electron chi connectivity index (χ4n) is 4.78. The molecule has 10 heteroatoms. The van der Waals surface area contributed by atoms with Crippen LogP contribution in [-0.2, 0) is 32.9 Å². The maximum absolute atomic E-state index is 15.1. The monoisotopic (exact) mass is 588 g/mol. The quantitative estimate of drug-likeness (QED) is 0.246. The van der Waals surface area contributed by atoms with Crippen LogP contribution in [0.5, 0.6) is 0 Å². The Morgan fingerprint density at radius 2 is 1.75 bits per heavy atom. The summed E-state index contributed by atoms with van der Waals surface area (Å²) in [5.41, 5.74) is 0.866. The number of nitrogens with zero attached hydrogens (tertiary/aromatic N) is 2. The fourth-order valence-corrected chi connectivity index (χ4v) is 5.95. The van der Waals surface area contributed by atoms with E-state index in [9.17, 15) is 18.8 Å². The van der Waals surface area contributed by atoms with Crippen LogP contribution in [0.2, 0.25) is 5.02 Å². The Balaban J connectivity index is 1.90. The van der Waals surface area contributed by atoms with Gasteiger partial charge in [-0.3, -0.25) is 4.18 Å². The van der Waals surface area contributed by atoms with E-state index in [1.54, 1.807) is 42.8 Å². The fraction of sp³-hybridized carbons (Fsp3) is 0.300. The van der Waals surface area contributed by atoms with Gasteiger partial charge in [-0.1, -0.05) is 23.7 Å². The Hall–Kier alpha value is -2.95. The van der Waals surface area contributed by atoms with Gasteiger partial charge in [0.2, 0.25) is 0 Å². The van der Waals surface area contributed by atoms with E-state index >= 15 is 4.39 Å². The highest BCUT2D eigenvalue weighted by Gasteiger charge is 2.36. The molecule has 0 saturated heterocycles. The second-order valence-electron chi connectivity index (χ2n) is 10.6. The van der Waals surface area contributed by atoms with Crippen LogP contribution in [-0.4, -0.2) is 31.1 Å². The zero-order chi connectivity index (χ0) is 29.6. The molecule has 0 aliphatic carbocycles. The standard InChI is InChI=1S/C30H31ClF2N2O4S/c1-17-12-18(19-13-23(33)20(16-36)25(14-19)40(38)39-6)10-11-24(17)35-15-26(30(4,5)37)34-28(35)29(2,3)27-21(31)8-7-9-22(27)32/h7-15,36-37H,16H2,1-6H3. The summed E-state index contributed by atoms with van der Waals surface area (Å²) in [5, 5.41) is 20.6. The topological polar surface area (TPSA) is 84.6 Å². The van der Waals surface area contributed by atoms with Crippen LogP contribution in [0, 0.1) is 18.6 Å². The van der Waals surface area contributed by atoms with Gasteiger partial charge < -0.3 is 14.8 Å². The van der Waals surface area contributed by atoms with E-state index in [1.807, 2.05) is 32.9 Å². The number of benzene rings is 3. The van der Waals surface area contributed by atoms with E-state index in [4.69, 9.17) is 20.8 Å². The largest absolute Gasteiger partial charge is 0.392 e. The number of aromatic nitrogens is 2. The molecule has 0 aliphatic rings. The van der Waals surface area contributed by atoms with E-state index in [1.165, 1.54) is 25.3 Å². The van der Waals surface area contributed by atoms with E-state index < -0.39 is 40.3 Å². The lowest BCUT2D eigenvalue weighted by Crippen LogP contribution is -2.26. The summed E-state index contributed by atoms with van der Waals surface area (Å²) in [5.74, 6) is -0.706. The Labute approximate surface area is 239 Å². The molecule has 6 nitrogen and oxygen atoms in total. The Morgan fingerprint density at radius 3 is 2.33 bits per heavy atom. The summed E-state index contributed by atoms with van der Waals surface area (Å²) in [6, 6.07) is 12.7. The van der Waals surface area contributed by atoms with Crippen LogP contribution >= 0.6 is 11.6 Å². The number of imidazole rings is 1. The summed E-state index contributed by atoms with van der Waals surface area (Å²) in [4.78, 5) is 4.80. The van der Waals surface area contributed by atoms with Gasteiger partial charge in [-0.25, -0.2) is 18.0 Å². The van der Waals surface area contributed by atoms with Crippen LogP contribution in [0.1, 0.15) is 55.9 Å². The molecule has 1 unspecified atom stereocenters. The lowest BCUT2D eigenvalue weighted by molar-refractivity contribution is 0.0740. The van der Waals surface area contributed by atoms with Crippen LogP contribution in [0.3, 0.4) is 0 Å². The lowest BCUT2D eigenvalue weighted by atomic mass is 9.83. The van der Waals surface area contributed by atoms with Gasteiger partial charge in [0.05, 0.1) is 29.7 Å². The number of rotatable bonds is 8. The first-order chi connectivity index (χ1) is 18.7. The van der Waals surface area contributed by atoms with E-state index in [0.717, 1.165) is 5.56 Å². The van der Waals surface area contributed by atoms with Gasteiger partial charge in [0, 0.05) is 28.0 Å². The molecule has 0 bridgehead atoms. The van der Waals surface area contributed by atoms with Crippen molar-refractivity contribution in [3.05, 3.63) is 99.6 Å². The van der Waals surface area contributed by atoms with Gasteiger partial charge in [-0.15, -0.1) is 0 Å². The zero-order valence-corrected chi connectivity index (χ0v) is 24.6. The smallest absolute Gasteiger partial charge is 0.189 e. The Morgan fingerprint density at radius 1 is 1.05 bits per heavy atom. The van der Waals surface area contributed by atoms with Gasteiger partial charge in [-0.2, -0.15) is 0 Å². The van der Waals surface area contributed by atoms with Crippen molar-refractivity contribution in [3.63, 3.8) is 0 Å². The molecule has 1 atom stereocenters. The zero-order valence-electron chi connectivity index (χ0n) is 23.1. The number of aliphatic hydroxyl groups excluding tert-OH is 1. The van der Waals surface area contributed by atoms with Crippen molar-refractivity contribution < 1.29 is 27.4 Å². The molecule has 1 heterocycles. The van der Waals surface area contributed by atoms with Crippen molar-refractivity contribution in [2.24, 2.45) is 0 Å². The number of halogens is 3. The summed E-state index contributed by atoms with van der Waals surface area (Å²) < 4.78 is 49.0. The van der Waals surface area contributed by atoms with Gasteiger partial charge in [0.15, 0.2) is 11.1 Å². The first-order valence-corrected chi connectivity index (χ1v) is 13.9. The highest BCUT2D eigenvalue weighted by atomic mass is 35.5. The second kappa shape index (κ2) is 11.1. The molecule has 0 spiro atoms. The van der Waals surface area contributed by atoms with E-state index in [-0.39, 0.29) is 21.0 Å². The summed E-state index contributed by atoms with van der Waals surface area (Å²) in [7, 11) is 1.24. The van der Waals surface area contributed by atoms with Crippen LogP contribution in [0.15, 0.2) is 59.6 Å². The molecule has 212 valence electrons.